The molecular weight excluding hydrogens is 302 g/mol. The molecule has 2 heterocycles. The highest BCUT2D eigenvalue weighted by molar-refractivity contribution is 7.99. The number of hydrogen-bond donors (Lipinski definition) is 1. The third kappa shape index (κ3) is 3.99. The van der Waals surface area contributed by atoms with Gasteiger partial charge in [-0.05, 0) is 30.4 Å². The molecule has 3 nitrogen and oxygen atoms in total. The number of carbonyl (C=O) groups excluding carboxylic acids is 1. The molecule has 0 unspecified atom stereocenters. The van der Waals surface area contributed by atoms with Crippen LogP contribution in [0.3, 0.4) is 0 Å². The Morgan fingerprint density at radius 3 is 2.95 bits per heavy atom. The van der Waals surface area contributed by atoms with Crippen molar-refractivity contribution >= 4 is 39.1 Å². The number of ether oxygens (including phenoxy) is 1. The lowest BCUT2D eigenvalue weighted by molar-refractivity contribution is 0.0959. The Morgan fingerprint density at radius 1 is 1.33 bits per heavy atom. The van der Waals surface area contributed by atoms with E-state index in [0.29, 0.717) is 5.25 Å². The summed E-state index contributed by atoms with van der Waals surface area (Å²) in [4.78, 5) is 12.9. The van der Waals surface area contributed by atoms with Crippen LogP contribution in [0.2, 0.25) is 0 Å². The zero-order chi connectivity index (χ0) is 14.5. The van der Waals surface area contributed by atoms with Crippen molar-refractivity contribution in [3.8, 4) is 0 Å². The normalized spacial score (nSPS) is 16.2. The van der Waals surface area contributed by atoms with Crippen molar-refractivity contribution in [1.29, 1.82) is 0 Å². The highest BCUT2D eigenvalue weighted by Crippen LogP contribution is 2.25. The molecule has 5 heteroatoms. The molecule has 112 valence electrons. The van der Waals surface area contributed by atoms with E-state index in [4.69, 9.17) is 4.74 Å². The molecule has 0 atom stereocenters. The monoisotopic (exact) mass is 321 g/mol. The van der Waals surface area contributed by atoms with Crippen molar-refractivity contribution in [3.63, 3.8) is 0 Å². The highest BCUT2D eigenvalue weighted by Gasteiger charge is 2.14. The number of amides is 1. The molecule has 1 aromatic heterocycles. The number of rotatable bonds is 5. The Hall–Kier alpha value is -1.04. The molecule has 2 aromatic rings. The van der Waals surface area contributed by atoms with E-state index in [1.54, 1.807) is 11.3 Å². The SMILES string of the molecule is O=C(NCCSC1CCOCC1)c1cc2ccccc2s1. The second-order valence-electron chi connectivity index (χ2n) is 5.09. The maximum atomic E-state index is 12.1. The van der Waals surface area contributed by atoms with Crippen molar-refractivity contribution in [2.24, 2.45) is 0 Å². The summed E-state index contributed by atoms with van der Waals surface area (Å²) in [6.07, 6.45) is 2.27. The average Bonchev–Trinajstić information content (AvgIpc) is 2.96. The van der Waals surface area contributed by atoms with E-state index in [-0.39, 0.29) is 5.91 Å². The lowest BCUT2D eigenvalue weighted by Gasteiger charge is -2.21. The molecule has 3 rings (SSSR count). The molecule has 0 radical (unpaired) electrons. The molecule has 1 N–H and O–H groups in total. The topological polar surface area (TPSA) is 38.3 Å². The zero-order valence-electron chi connectivity index (χ0n) is 11.8. The first-order valence-corrected chi connectivity index (χ1v) is 9.15. The maximum absolute atomic E-state index is 12.1. The Balaban J connectivity index is 1.45. The van der Waals surface area contributed by atoms with E-state index in [2.05, 4.69) is 11.4 Å². The largest absolute Gasteiger partial charge is 0.381 e. The van der Waals surface area contributed by atoms with Gasteiger partial charge in [0.1, 0.15) is 0 Å². The molecule has 0 saturated carbocycles. The van der Waals surface area contributed by atoms with Crippen LogP contribution >= 0.6 is 23.1 Å². The van der Waals surface area contributed by atoms with E-state index in [1.165, 1.54) is 4.70 Å². The number of carbonyl (C=O) groups is 1. The van der Waals surface area contributed by atoms with Gasteiger partial charge in [-0.1, -0.05) is 18.2 Å². The average molecular weight is 321 g/mol. The predicted octanol–water partition coefficient (Wildman–Crippen LogP) is 3.54. The molecule has 1 aromatic carbocycles. The molecule has 0 spiro atoms. The lowest BCUT2D eigenvalue weighted by Crippen LogP contribution is -2.26. The van der Waals surface area contributed by atoms with Crippen LogP contribution in [0.4, 0.5) is 0 Å². The standard InChI is InChI=1S/C16H19NO2S2/c18-16(15-11-12-3-1-2-4-14(12)21-15)17-7-10-20-13-5-8-19-9-6-13/h1-4,11,13H,5-10H2,(H,17,18). The number of benzene rings is 1. The van der Waals surface area contributed by atoms with Gasteiger partial charge in [-0.25, -0.2) is 0 Å². The quantitative estimate of drug-likeness (QED) is 0.856. The summed E-state index contributed by atoms with van der Waals surface area (Å²) in [5.41, 5.74) is 0. The van der Waals surface area contributed by atoms with E-state index >= 15 is 0 Å². The van der Waals surface area contributed by atoms with Crippen LogP contribution in [0, 0.1) is 0 Å². The summed E-state index contributed by atoms with van der Waals surface area (Å²) in [6.45, 7) is 2.49. The molecule has 1 aliphatic rings. The second-order valence-corrected chi connectivity index (χ2v) is 7.58. The van der Waals surface area contributed by atoms with Gasteiger partial charge in [-0.15, -0.1) is 11.3 Å². The summed E-state index contributed by atoms with van der Waals surface area (Å²) in [7, 11) is 0. The number of thioether (sulfide) groups is 1. The number of hydrogen-bond acceptors (Lipinski definition) is 4. The number of nitrogens with one attached hydrogen (secondary N) is 1. The van der Waals surface area contributed by atoms with Crippen LogP contribution < -0.4 is 5.32 Å². The van der Waals surface area contributed by atoms with E-state index in [9.17, 15) is 4.79 Å². The molecule has 1 fully saturated rings. The number of fused-ring (bicyclic) bond motifs is 1. The minimum absolute atomic E-state index is 0.0452. The van der Waals surface area contributed by atoms with E-state index < -0.39 is 0 Å². The van der Waals surface area contributed by atoms with Crippen LogP contribution in [0.1, 0.15) is 22.5 Å². The maximum Gasteiger partial charge on any atom is 0.261 e. The molecular formula is C16H19NO2S2. The van der Waals surface area contributed by atoms with Gasteiger partial charge in [0, 0.05) is 35.5 Å². The van der Waals surface area contributed by atoms with E-state index in [1.807, 2.05) is 36.0 Å². The van der Waals surface area contributed by atoms with Gasteiger partial charge in [0.05, 0.1) is 4.88 Å². The molecule has 1 aliphatic heterocycles. The van der Waals surface area contributed by atoms with Crippen LogP contribution in [-0.4, -0.2) is 36.7 Å². The van der Waals surface area contributed by atoms with Gasteiger partial charge >= 0.3 is 0 Å². The molecule has 0 aliphatic carbocycles. The first kappa shape index (κ1) is 14.9. The highest BCUT2D eigenvalue weighted by atomic mass is 32.2. The van der Waals surface area contributed by atoms with Gasteiger partial charge in [0.15, 0.2) is 0 Å². The van der Waals surface area contributed by atoms with Crippen LogP contribution in [0.15, 0.2) is 30.3 Å². The number of thiophene rings is 1. The van der Waals surface area contributed by atoms with Gasteiger partial charge in [0.25, 0.3) is 5.91 Å². The summed E-state index contributed by atoms with van der Waals surface area (Å²) < 4.78 is 6.52. The summed E-state index contributed by atoms with van der Waals surface area (Å²) in [6, 6.07) is 10.1. The van der Waals surface area contributed by atoms with E-state index in [0.717, 1.165) is 48.6 Å². The van der Waals surface area contributed by atoms with Gasteiger partial charge in [-0.2, -0.15) is 11.8 Å². The van der Waals surface area contributed by atoms with Crippen LogP contribution in [0.5, 0.6) is 0 Å². The summed E-state index contributed by atoms with van der Waals surface area (Å²) in [5.74, 6) is 1.02. The first-order valence-electron chi connectivity index (χ1n) is 7.29. The van der Waals surface area contributed by atoms with Crippen molar-refractivity contribution in [2.45, 2.75) is 18.1 Å². The summed E-state index contributed by atoms with van der Waals surface area (Å²) >= 11 is 3.50. The fourth-order valence-electron chi connectivity index (χ4n) is 2.41. The third-order valence-electron chi connectivity index (χ3n) is 3.56. The minimum atomic E-state index is 0.0452. The smallest absolute Gasteiger partial charge is 0.261 e. The predicted molar refractivity (Wildman–Crippen MR) is 90.5 cm³/mol. The second kappa shape index (κ2) is 7.29. The first-order chi connectivity index (χ1) is 10.3. The van der Waals surface area contributed by atoms with Crippen LogP contribution in [-0.2, 0) is 4.74 Å². The lowest BCUT2D eigenvalue weighted by atomic mass is 10.2. The fourth-order valence-corrected chi connectivity index (χ4v) is 4.47. The Labute approximate surface area is 133 Å². The van der Waals surface area contributed by atoms with Crippen molar-refractivity contribution < 1.29 is 9.53 Å². The van der Waals surface area contributed by atoms with Gasteiger partial charge in [0.2, 0.25) is 0 Å². The van der Waals surface area contributed by atoms with Crippen molar-refractivity contribution in [1.82, 2.24) is 5.32 Å². The van der Waals surface area contributed by atoms with Crippen molar-refractivity contribution in [3.05, 3.63) is 35.2 Å². The Kier molecular flexibility index (Phi) is 5.17. The summed E-state index contributed by atoms with van der Waals surface area (Å²) in [5, 5.41) is 4.86. The Bertz CT molecular complexity index is 572. The molecule has 21 heavy (non-hydrogen) atoms. The van der Waals surface area contributed by atoms with Gasteiger partial charge < -0.3 is 10.1 Å². The minimum Gasteiger partial charge on any atom is -0.381 e. The van der Waals surface area contributed by atoms with Gasteiger partial charge in [-0.3, -0.25) is 4.79 Å². The van der Waals surface area contributed by atoms with Crippen LogP contribution in [0.25, 0.3) is 10.1 Å². The van der Waals surface area contributed by atoms with Crippen molar-refractivity contribution in [2.75, 3.05) is 25.5 Å². The Morgan fingerprint density at radius 2 is 2.14 bits per heavy atom. The third-order valence-corrected chi connectivity index (χ3v) is 6.06. The molecule has 0 bridgehead atoms. The molecule has 1 saturated heterocycles. The fraction of sp³-hybridized carbons (Fsp3) is 0.438. The zero-order valence-corrected chi connectivity index (χ0v) is 13.5. The molecule has 1 amide bonds.